The second-order valence-electron chi connectivity index (χ2n) is 1.59. The van der Waals surface area contributed by atoms with Gasteiger partial charge in [0.05, 0.1) is 0 Å². The predicted molar refractivity (Wildman–Crippen MR) is 52.4 cm³/mol. The number of carbonyl (C=O) groups is 1. The summed E-state index contributed by atoms with van der Waals surface area (Å²) in [5.74, 6) is 0. The van der Waals surface area contributed by atoms with Crippen LogP contribution in [0.2, 0.25) is 0 Å². The van der Waals surface area contributed by atoms with E-state index in [1.807, 2.05) is 6.92 Å². The van der Waals surface area contributed by atoms with E-state index in [9.17, 15) is 4.79 Å². The molecule has 0 aromatic heterocycles. The van der Waals surface area contributed by atoms with E-state index >= 15 is 0 Å². The molecule has 0 aliphatic carbocycles. The van der Waals surface area contributed by atoms with Gasteiger partial charge in [-0.25, -0.2) is 4.79 Å². The molecule has 0 aromatic rings. The topological polar surface area (TPSA) is 26.3 Å². The highest BCUT2D eigenvalue weighted by Gasteiger charge is 1.95. The molecule has 12 heavy (non-hydrogen) atoms. The summed E-state index contributed by atoms with van der Waals surface area (Å²) in [6, 6.07) is 0. The summed E-state index contributed by atoms with van der Waals surface area (Å²) in [4.78, 5) is 10.1. The molecule has 2 nitrogen and oxygen atoms in total. The van der Waals surface area contributed by atoms with Crippen LogP contribution in [0.4, 0.5) is 4.79 Å². The monoisotopic (exact) mass is 188 g/mol. The number of carbonyl (C=O) groups excluding carboxylic acids is 1. The number of hydrogen-bond acceptors (Lipinski definition) is 2. The first-order valence-corrected chi connectivity index (χ1v) is 3.68. The molecule has 0 unspecified atom stereocenters. The largest absolute Gasteiger partial charge is 0.449 e. The van der Waals surface area contributed by atoms with Crippen molar-refractivity contribution in [2.24, 2.45) is 0 Å². The molecule has 0 saturated heterocycles. The first-order chi connectivity index (χ1) is 5.70. The zero-order chi connectivity index (χ0) is 9.98. The molecule has 0 N–H and O–H groups in total. The van der Waals surface area contributed by atoms with E-state index in [2.05, 4.69) is 24.5 Å². The van der Waals surface area contributed by atoms with Crippen molar-refractivity contribution >= 4 is 17.0 Å². The lowest BCUT2D eigenvalue weighted by Crippen LogP contribution is -1.97. The number of allylic oxidation sites excluding steroid dienone is 1. The van der Waals surface area contributed by atoms with Crippen LogP contribution in [-0.4, -0.2) is 12.0 Å². The van der Waals surface area contributed by atoms with Crippen LogP contribution in [0.1, 0.15) is 6.92 Å². The van der Waals surface area contributed by atoms with Gasteiger partial charge in [-0.15, -0.1) is 13.2 Å². The maximum atomic E-state index is 10.1. The third-order valence-electron chi connectivity index (χ3n) is 0.985. The zero-order valence-corrected chi connectivity index (χ0v) is 7.93. The van der Waals surface area contributed by atoms with Crippen LogP contribution >= 0.6 is 11.6 Å². The maximum absolute atomic E-state index is 10.1. The highest BCUT2D eigenvalue weighted by Crippen LogP contribution is 1.97. The zero-order valence-electron chi connectivity index (χ0n) is 7.18. The van der Waals surface area contributed by atoms with Gasteiger partial charge in [0, 0.05) is 11.6 Å². The molecule has 0 fully saturated rings. The van der Waals surface area contributed by atoms with Gasteiger partial charge in [0.25, 0.3) is 0 Å². The van der Waals surface area contributed by atoms with Crippen LogP contribution < -0.4 is 0 Å². The summed E-state index contributed by atoms with van der Waals surface area (Å²) >= 11 is 4.91. The van der Waals surface area contributed by atoms with Crippen LogP contribution in [-0.2, 0) is 4.74 Å². The van der Waals surface area contributed by atoms with Crippen molar-refractivity contribution in [3.05, 3.63) is 37.5 Å². The van der Waals surface area contributed by atoms with E-state index in [4.69, 9.17) is 11.6 Å². The fourth-order valence-corrected chi connectivity index (χ4v) is 0.455. The average molecular weight is 189 g/mol. The molecule has 0 bridgehead atoms. The molecular weight excluding hydrogens is 176 g/mol. The Morgan fingerprint density at radius 2 is 2.08 bits per heavy atom. The van der Waals surface area contributed by atoms with E-state index in [1.165, 1.54) is 0 Å². The molecule has 0 spiro atoms. The van der Waals surface area contributed by atoms with Crippen molar-refractivity contribution in [2.45, 2.75) is 6.92 Å². The molecule has 0 heterocycles. The van der Waals surface area contributed by atoms with Crippen LogP contribution in [0.15, 0.2) is 37.5 Å². The molecule has 0 radical (unpaired) electrons. The van der Waals surface area contributed by atoms with Crippen LogP contribution in [0, 0.1) is 0 Å². The van der Waals surface area contributed by atoms with Crippen LogP contribution in [0.25, 0.3) is 0 Å². The second kappa shape index (κ2) is 9.98. The third-order valence-corrected chi connectivity index (χ3v) is 1.09. The minimum Gasteiger partial charge on any atom is -0.449 e. The Morgan fingerprint density at radius 1 is 1.58 bits per heavy atom. The number of halogens is 1. The van der Waals surface area contributed by atoms with Crippen molar-refractivity contribution in [3.8, 4) is 0 Å². The highest BCUT2D eigenvalue weighted by molar-refractivity contribution is 6.61. The maximum Gasteiger partial charge on any atom is 0.404 e. The fourth-order valence-electron chi connectivity index (χ4n) is 0.400. The van der Waals surface area contributed by atoms with Crippen molar-refractivity contribution in [1.82, 2.24) is 0 Å². The number of ether oxygens (including phenoxy) is 1. The first kappa shape index (κ1) is 13.6. The lowest BCUT2D eigenvalue weighted by Gasteiger charge is -1.98. The smallest absolute Gasteiger partial charge is 0.404 e. The molecule has 0 saturated carbocycles. The molecule has 68 valence electrons. The van der Waals surface area contributed by atoms with E-state index in [0.717, 1.165) is 5.57 Å². The Bertz CT molecular complexity index is 173. The third kappa shape index (κ3) is 8.98. The standard InChI is InChI=1S/C7H9ClO2.C2H4/c1-3-6(4-2)5-10-7(8)9;1-2/h3-4H,1,5H2,2H3;1-2H2/b6-4+;. The van der Waals surface area contributed by atoms with E-state index in [1.54, 1.807) is 12.2 Å². The second-order valence-corrected chi connectivity index (χ2v) is 1.90. The fraction of sp³-hybridized carbons (Fsp3) is 0.222. The van der Waals surface area contributed by atoms with Gasteiger partial charge in [0.1, 0.15) is 6.61 Å². The Balaban J connectivity index is 0. The van der Waals surface area contributed by atoms with Gasteiger partial charge in [-0.3, -0.25) is 0 Å². The van der Waals surface area contributed by atoms with Gasteiger partial charge >= 0.3 is 5.43 Å². The van der Waals surface area contributed by atoms with Gasteiger partial charge in [-0.05, 0) is 12.5 Å². The van der Waals surface area contributed by atoms with E-state index in [-0.39, 0.29) is 6.61 Å². The Kier molecular flexibility index (Phi) is 11.3. The molecule has 0 aliphatic rings. The Labute approximate surface area is 78.2 Å². The molecule has 0 aromatic carbocycles. The Hall–Kier alpha value is -1.02. The molecular formula is C9H13ClO2. The summed E-state index contributed by atoms with van der Waals surface area (Å²) in [7, 11) is 0. The quantitative estimate of drug-likeness (QED) is 0.386. The van der Waals surface area contributed by atoms with Crippen molar-refractivity contribution in [1.29, 1.82) is 0 Å². The predicted octanol–water partition coefficient (Wildman–Crippen LogP) is 3.30. The van der Waals surface area contributed by atoms with Crippen molar-refractivity contribution in [3.63, 3.8) is 0 Å². The molecule has 0 aliphatic heterocycles. The first-order valence-electron chi connectivity index (χ1n) is 3.30. The average Bonchev–Trinajstić information content (AvgIpc) is 2.09. The Morgan fingerprint density at radius 3 is 2.33 bits per heavy atom. The van der Waals surface area contributed by atoms with Crippen LogP contribution in [0.3, 0.4) is 0 Å². The summed E-state index contributed by atoms with van der Waals surface area (Å²) in [5.41, 5.74) is 0.0511. The molecule has 0 atom stereocenters. The summed E-state index contributed by atoms with van der Waals surface area (Å²) in [6.07, 6.45) is 3.41. The highest BCUT2D eigenvalue weighted by atomic mass is 35.5. The van der Waals surface area contributed by atoms with E-state index in [0.29, 0.717) is 0 Å². The van der Waals surface area contributed by atoms with Crippen molar-refractivity contribution in [2.75, 3.05) is 6.61 Å². The van der Waals surface area contributed by atoms with Gasteiger partial charge in [0.15, 0.2) is 0 Å². The van der Waals surface area contributed by atoms with Gasteiger partial charge in [0.2, 0.25) is 0 Å². The number of rotatable bonds is 3. The minimum atomic E-state index is -0.791. The van der Waals surface area contributed by atoms with Gasteiger partial charge in [-0.1, -0.05) is 18.7 Å². The normalized spacial score (nSPS) is 9.33. The molecule has 3 heteroatoms. The van der Waals surface area contributed by atoms with Gasteiger partial charge in [-0.2, -0.15) is 0 Å². The molecule has 0 rings (SSSR count). The van der Waals surface area contributed by atoms with E-state index < -0.39 is 5.43 Å². The lowest BCUT2D eigenvalue weighted by molar-refractivity contribution is 0.184. The summed E-state index contributed by atoms with van der Waals surface area (Å²) in [6.45, 7) is 11.5. The van der Waals surface area contributed by atoms with Crippen LogP contribution in [0.5, 0.6) is 0 Å². The summed E-state index contributed by atoms with van der Waals surface area (Å²) in [5, 5.41) is 0. The minimum absolute atomic E-state index is 0.197. The SMILES string of the molecule is C=C.C=C/C(=C\C)COC(=O)Cl. The molecule has 0 amide bonds. The van der Waals surface area contributed by atoms with Crippen molar-refractivity contribution < 1.29 is 9.53 Å². The van der Waals surface area contributed by atoms with Gasteiger partial charge < -0.3 is 4.74 Å². The number of hydrogen-bond donors (Lipinski definition) is 0. The summed E-state index contributed by atoms with van der Waals surface area (Å²) < 4.78 is 4.47. The lowest BCUT2D eigenvalue weighted by atomic mass is 10.3.